The Bertz CT molecular complexity index is 768. The van der Waals surface area contributed by atoms with E-state index in [0.29, 0.717) is 12.2 Å². The molecule has 2 aromatic carbocycles. The summed E-state index contributed by atoms with van der Waals surface area (Å²) in [4.78, 5) is 25.7. The summed E-state index contributed by atoms with van der Waals surface area (Å²) in [6.07, 6.45) is 1.87. The summed E-state index contributed by atoms with van der Waals surface area (Å²) in [7, 11) is 0. The summed E-state index contributed by atoms with van der Waals surface area (Å²) in [5.74, 6) is -0.422. The van der Waals surface area contributed by atoms with E-state index in [9.17, 15) is 9.59 Å². The van der Waals surface area contributed by atoms with Crippen LogP contribution in [0.1, 0.15) is 18.4 Å². The Balaban J connectivity index is 0.00000196. The monoisotopic (exact) mass is 424 g/mol. The van der Waals surface area contributed by atoms with Crippen LogP contribution in [0.2, 0.25) is 0 Å². The Kier molecular flexibility index (Phi) is 9.79. The molecule has 0 aromatic heterocycles. The number of hydrogen-bond donors (Lipinski definition) is 3. The van der Waals surface area contributed by atoms with Crippen molar-refractivity contribution in [3.8, 4) is 0 Å². The molecule has 28 heavy (non-hydrogen) atoms. The molecule has 6 nitrogen and oxygen atoms in total. The van der Waals surface area contributed by atoms with Crippen LogP contribution in [-0.2, 0) is 16.1 Å². The van der Waals surface area contributed by atoms with Crippen molar-refractivity contribution in [3.63, 3.8) is 0 Å². The van der Waals surface area contributed by atoms with E-state index in [1.54, 1.807) is 0 Å². The molecule has 1 aliphatic rings. The first kappa shape index (κ1) is 23.8. The van der Waals surface area contributed by atoms with Crippen molar-refractivity contribution in [2.24, 2.45) is 5.73 Å². The largest absolute Gasteiger partial charge is 0.368 e. The van der Waals surface area contributed by atoms with Gasteiger partial charge in [-0.05, 0) is 43.1 Å². The zero-order valence-electron chi connectivity index (χ0n) is 15.5. The maximum absolute atomic E-state index is 12.3. The van der Waals surface area contributed by atoms with Gasteiger partial charge in [-0.1, -0.05) is 36.4 Å². The minimum Gasteiger partial charge on any atom is -0.368 e. The van der Waals surface area contributed by atoms with E-state index in [2.05, 4.69) is 10.6 Å². The summed E-state index contributed by atoms with van der Waals surface area (Å²) in [6, 6.07) is 17.3. The second-order valence-electron chi connectivity index (χ2n) is 6.50. The van der Waals surface area contributed by atoms with Gasteiger partial charge in [-0.2, -0.15) is 0 Å². The maximum Gasteiger partial charge on any atom is 0.241 e. The molecule has 0 saturated carbocycles. The van der Waals surface area contributed by atoms with E-state index >= 15 is 0 Å². The second kappa shape index (κ2) is 11.5. The van der Waals surface area contributed by atoms with Crippen molar-refractivity contribution in [3.05, 3.63) is 60.2 Å². The molecular weight excluding hydrogens is 399 g/mol. The van der Waals surface area contributed by atoms with Gasteiger partial charge in [0.1, 0.15) is 0 Å². The summed E-state index contributed by atoms with van der Waals surface area (Å²) in [5, 5.41) is 6.14. The highest BCUT2D eigenvalue weighted by atomic mass is 35.5. The molecule has 1 saturated heterocycles. The van der Waals surface area contributed by atoms with Gasteiger partial charge < -0.3 is 21.3 Å². The fourth-order valence-corrected chi connectivity index (χ4v) is 3.15. The molecule has 1 heterocycles. The highest BCUT2D eigenvalue weighted by Gasteiger charge is 2.22. The number of carbonyl (C=O) groups excluding carboxylic acids is 2. The number of nitrogens with two attached hydrogens (primary N) is 1. The predicted molar refractivity (Wildman–Crippen MR) is 117 cm³/mol. The number of benzene rings is 2. The molecule has 1 aliphatic heterocycles. The second-order valence-corrected chi connectivity index (χ2v) is 6.50. The van der Waals surface area contributed by atoms with Gasteiger partial charge in [0.2, 0.25) is 11.8 Å². The molecular formula is C20H26Cl2N4O2. The lowest BCUT2D eigenvalue weighted by atomic mass is 10.1. The van der Waals surface area contributed by atoms with Crippen LogP contribution in [0.25, 0.3) is 0 Å². The third kappa shape index (κ3) is 6.71. The van der Waals surface area contributed by atoms with E-state index in [-0.39, 0.29) is 43.3 Å². The smallest absolute Gasteiger partial charge is 0.241 e. The highest BCUT2D eigenvalue weighted by Crippen LogP contribution is 2.22. The lowest BCUT2D eigenvalue weighted by molar-refractivity contribution is -0.118. The maximum atomic E-state index is 12.3. The molecule has 8 heteroatoms. The van der Waals surface area contributed by atoms with E-state index < -0.39 is 5.91 Å². The van der Waals surface area contributed by atoms with Crippen LogP contribution in [0.15, 0.2) is 54.6 Å². The Morgan fingerprint density at radius 3 is 2.50 bits per heavy atom. The number of halogens is 2. The van der Waals surface area contributed by atoms with Crippen LogP contribution in [-0.4, -0.2) is 30.9 Å². The van der Waals surface area contributed by atoms with E-state index in [1.165, 1.54) is 0 Å². The number of hydrogen-bond acceptors (Lipinski definition) is 4. The first-order chi connectivity index (χ1) is 12.6. The van der Waals surface area contributed by atoms with Gasteiger partial charge in [0.05, 0.1) is 12.6 Å². The molecule has 0 aliphatic carbocycles. The fraction of sp³-hybridized carbons (Fsp3) is 0.300. The average Bonchev–Trinajstić information content (AvgIpc) is 3.17. The van der Waals surface area contributed by atoms with Crippen LogP contribution in [0.3, 0.4) is 0 Å². The third-order valence-corrected chi connectivity index (χ3v) is 4.42. The van der Waals surface area contributed by atoms with E-state index in [1.807, 2.05) is 59.5 Å². The molecule has 1 unspecified atom stereocenters. The van der Waals surface area contributed by atoms with E-state index in [0.717, 1.165) is 30.6 Å². The molecule has 0 bridgehead atoms. The van der Waals surface area contributed by atoms with Crippen molar-refractivity contribution >= 4 is 48.0 Å². The third-order valence-electron chi connectivity index (χ3n) is 4.42. The normalized spacial score (nSPS) is 15.1. The fourth-order valence-electron chi connectivity index (χ4n) is 3.15. The van der Waals surface area contributed by atoms with Gasteiger partial charge in [0, 0.05) is 17.9 Å². The molecule has 2 aromatic rings. The Labute approximate surface area is 177 Å². The van der Waals surface area contributed by atoms with Gasteiger partial charge in [0.15, 0.2) is 0 Å². The number of primary amides is 1. The molecule has 0 radical (unpaired) electrons. The summed E-state index contributed by atoms with van der Waals surface area (Å²) in [5.41, 5.74) is 8.06. The minimum atomic E-state index is -0.398. The average molecular weight is 425 g/mol. The van der Waals surface area contributed by atoms with Gasteiger partial charge in [-0.15, -0.1) is 24.8 Å². The number of nitrogens with one attached hydrogen (secondary N) is 2. The summed E-state index contributed by atoms with van der Waals surface area (Å²) in [6.45, 7) is 1.55. The topological polar surface area (TPSA) is 87.5 Å². The zero-order valence-corrected chi connectivity index (χ0v) is 17.1. The van der Waals surface area contributed by atoms with Gasteiger partial charge >= 0.3 is 0 Å². The quantitative estimate of drug-likeness (QED) is 0.637. The molecule has 152 valence electrons. The lowest BCUT2D eigenvalue weighted by Gasteiger charge is -2.24. The highest BCUT2D eigenvalue weighted by molar-refractivity contribution is 5.95. The summed E-state index contributed by atoms with van der Waals surface area (Å²) < 4.78 is 0. The number of amides is 2. The Morgan fingerprint density at radius 1 is 1.11 bits per heavy atom. The lowest BCUT2D eigenvalue weighted by Crippen LogP contribution is -2.35. The molecule has 2 amide bonds. The van der Waals surface area contributed by atoms with Crippen molar-refractivity contribution in [2.45, 2.75) is 25.4 Å². The zero-order chi connectivity index (χ0) is 18.4. The number of rotatable bonds is 7. The Morgan fingerprint density at radius 2 is 1.86 bits per heavy atom. The van der Waals surface area contributed by atoms with Crippen molar-refractivity contribution in [1.82, 2.24) is 5.32 Å². The van der Waals surface area contributed by atoms with Crippen LogP contribution >= 0.6 is 24.8 Å². The van der Waals surface area contributed by atoms with Crippen LogP contribution < -0.4 is 21.3 Å². The SMILES string of the molecule is Cl.Cl.NC(=O)CN(Cc1ccccc1)c1cccc(NC(=O)C2CCCN2)c1. The first-order valence-electron chi connectivity index (χ1n) is 8.83. The van der Waals surface area contributed by atoms with Crippen molar-refractivity contribution < 1.29 is 9.59 Å². The van der Waals surface area contributed by atoms with Crippen LogP contribution in [0, 0.1) is 0 Å². The Hall–Kier alpha value is -2.28. The number of carbonyl (C=O) groups is 2. The first-order valence-corrected chi connectivity index (χ1v) is 8.83. The predicted octanol–water partition coefficient (Wildman–Crippen LogP) is 2.71. The number of anilines is 2. The number of nitrogens with zero attached hydrogens (tertiary/aromatic N) is 1. The molecule has 3 rings (SSSR count). The van der Waals surface area contributed by atoms with Crippen molar-refractivity contribution in [2.75, 3.05) is 23.3 Å². The van der Waals surface area contributed by atoms with Gasteiger partial charge in [0.25, 0.3) is 0 Å². The van der Waals surface area contributed by atoms with Crippen LogP contribution in [0.4, 0.5) is 11.4 Å². The molecule has 0 spiro atoms. The van der Waals surface area contributed by atoms with E-state index in [4.69, 9.17) is 5.73 Å². The standard InChI is InChI=1S/C20H24N4O2.2ClH/c21-19(25)14-24(13-15-6-2-1-3-7-15)17-9-4-8-16(12-17)23-20(26)18-10-5-11-22-18;;/h1-4,6-9,12,18,22H,5,10-11,13-14H2,(H2,21,25)(H,23,26);2*1H. The minimum absolute atomic E-state index is 0. The van der Waals surface area contributed by atoms with Gasteiger partial charge in [-0.25, -0.2) is 0 Å². The molecule has 1 atom stereocenters. The van der Waals surface area contributed by atoms with Crippen molar-refractivity contribution in [1.29, 1.82) is 0 Å². The summed E-state index contributed by atoms with van der Waals surface area (Å²) >= 11 is 0. The molecule has 4 N–H and O–H groups in total. The molecule has 1 fully saturated rings. The van der Waals surface area contributed by atoms with Gasteiger partial charge in [-0.3, -0.25) is 9.59 Å². The van der Waals surface area contributed by atoms with Crippen LogP contribution in [0.5, 0.6) is 0 Å².